The fourth-order valence-corrected chi connectivity index (χ4v) is 7.29. The number of ether oxygens (including phenoxy) is 2. The van der Waals surface area contributed by atoms with Crippen LogP contribution in [0.2, 0.25) is 0 Å². The van der Waals surface area contributed by atoms with Crippen LogP contribution in [0.5, 0.6) is 5.75 Å². The Morgan fingerprint density at radius 1 is 1.04 bits per heavy atom. The van der Waals surface area contributed by atoms with Gasteiger partial charge in [-0.2, -0.15) is 0 Å². The lowest BCUT2D eigenvalue weighted by Gasteiger charge is -2.30. The third-order valence-electron chi connectivity index (χ3n) is 8.61. The van der Waals surface area contributed by atoms with Crippen LogP contribution in [0.4, 0.5) is 24.0 Å². The van der Waals surface area contributed by atoms with E-state index in [9.17, 15) is 22.8 Å². The summed E-state index contributed by atoms with van der Waals surface area (Å²) < 4.78 is 50.3. The van der Waals surface area contributed by atoms with E-state index in [1.54, 1.807) is 23.2 Å². The van der Waals surface area contributed by atoms with E-state index in [1.165, 1.54) is 17.4 Å². The maximum atomic E-state index is 13.4. The summed E-state index contributed by atoms with van der Waals surface area (Å²) in [6.45, 7) is 6.31. The van der Waals surface area contributed by atoms with Crippen molar-refractivity contribution >= 4 is 44.9 Å². The quantitative estimate of drug-likeness (QED) is 0.348. The number of morpholine rings is 1. The van der Waals surface area contributed by atoms with Gasteiger partial charge in [0.25, 0.3) is 0 Å². The zero-order valence-corrected chi connectivity index (χ0v) is 26.3. The van der Waals surface area contributed by atoms with Gasteiger partial charge in [0.05, 0.1) is 30.5 Å². The number of carbonyl (C=O) groups is 2. The second-order valence-corrected chi connectivity index (χ2v) is 12.5. The molecular formula is C31H38F3N7O4S. The molecule has 6 rings (SSSR count). The van der Waals surface area contributed by atoms with E-state index in [1.807, 2.05) is 16.3 Å². The molecule has 11 nitrogen and oxygen atoms in total. The smallest absolute Gasteiger partial charge is 0.403 e. The first-order valence-electron chi connectivity index (χ1n) is 15.7. The van der Waals surface area contributed by atoms with Crippen LogP contribution in [0.15, 0.2) is 35.8 Å². The van der Waals surface area contributed by atoms with Crippen LogP contribution in [-0.2, 0) is 14.3 Å². The Kier molecular flexibility index (Phi) is 10.1. The second-order valence-electron chi connectivity index (χ2n) is 11.6. The van der Waals surface area contributed by atoms with Crippen molar-refractivity contribution in [2.45, 2.75) is 38.1 Å². The summed E-state index contributed by atoms with van der Waals surface area (Å²) in [5.74, 6) is -0.309. The highest BCUT2D eigenvalue weighted by atomic mass is 32.1. The lowest BCUT2D eigenvalue weighted by atomic mass is 10.1. The topological polar surface area (TPSA) is 103 Å². The number of anilines is 2. The van der Waals surface area contributed by atoms with E-state index in [0.29, 0.717) is 83.1 Å². The molecule has 248 valence electrons. The van der Waals surface area contributed by atoms with Gasteiger partial charge in [0.1, 0.15) is 5.69 Å². The number of halogens is 3. The number of hydrogen-bond acceptors (Lipinski definition) is 10. The van der Waals surface area contributed by atoms with E-state index < -0.39 is 6.36 Å². The molecule has 3 saturated heterocycles. The molecule has 3 aliphatic heterocycles. The average molecular weight is 662 g/mol. The third-order valence-corrected chi connectivity index (χ3v) is 9.53. The molecule has 0 bridgehead atoms. The van der Waals surface area contributed by atoms with Gasteiger partial charge in [0.2, 0.25) is 11.8 Å². The second kappa shape index (κ2) is 14.4. The summed E-state index contributed by atoms with van der Waals surface area (Å²) in [6, 6.07) is 6.16. The Bertz CT molecular complexity index is 1520. The molecule has 2 aromatic heterocycles. The fraction of sp³-hybridized carbons (Fsp3) is 0.548. The Balaban J connectivity index is 1.21. The number of pyridine rings is 1. The Labute approximate surface area is 269 Å². The van der Waals surface area contributed by atoms with E-state index in [2.05, 4.69) is 24.8 Å². The summed E-state index contributed by atoms with van der Waals surface area (Å²) in [7, 11) is 0. The van der Waals surface area contributed by atoms with Crippen molar-refractivity contribution in [3.63, 3.8) is 0 Å². The van der Waals surface area contributed by atoms with Crippen LogP contribution < -0.4 is 19.9 Å². The molecule has 0 saturated carbocycles. The highest BCUT2D eigenvalue weighted by molar-refractivity contribution is 7.13. The van der Waals surface area contributed by atoms with Crippen molar-refractivity contribution in [1.29, 1.82) is 0 Å². The highest BCUT2D eigenvalue weighted by Crippen LogP contribution is 2.39. The number of carbonyl (C=O) groups excluding carboxylic acids is 2. The first-order chi connectivity index (χ1) is 22.2. The van der Waals surface area contributed by atoms with Crippen LogP contribution in [0.1, 0.15) is 37.4 Å². The average Bonchev–Trinajstić information content (AvgIpc) is 3.62. The minimum atomic E-state index is -4.85. The molecule has 46 heavy (non-hydrogen) atoms. The standard InChI is InChI=1S/C31H38F3N7O4S/c32-31(33,34)45-25-7-6-22-4-1-8-36-28(22)29(25)40-12-3-11-38(14-15-40)24(20-26(42)35-9-13-39-10-2-5-27(39)43)23-21-46-30(37-23)41-16-18-44-19-17-41/h1,4,6-8,21,24H,2-3,5,9-20H2,(H,35,42). The zero-order valence-electron chi connectivity index (χ0n) is 25.5. The number of likely N-dealkylation sites (tertiary alicyclic amines) is 1. The zero-order chi connectivity index (χ0) is 32.1. The van der Waals surface area contributed by atoms with Gasteiger partial charge >= 0.3 is 6.36 Å². The molecular weight excluding hydrogens is 623 g/mol. The van der Waals surface area contributed by atoms with Gasteiger partial charge in [-0.25, -0.2) is 4.98 Å². The monoisotopic (exact) mass is 661 g/mol. The number of thiazole rings is 1. The summed E-state index contributed by atoms with van der Waals surface area (Å²) >= 11 is 1.54. The van der Waals surface area contributed by atoms with Crippen molar-refractivity contribution < 1.29 is 32.2 Å². The lowest BCUT2D eigenvalue weighted by Crippen LogP contribution is -2.39. The molecule has 3 aromatic rings. The van der Waals surface area contributed by atoms with Crippen molar-refractivity contribution in [2.24, 2.45) is 0 Å². The molecule has 15 heteroatoms. The molecule has 3 fully saturated rings. The SMILES string of the molecule is O=C(CC(c1csc(N2CCOCC2)n1)N1CCCN(c2c(OC(F)(F)F)ccc3cccnc23)CC1)NCCN1CCCC1=O. The van der Waals surface area contributed by atoms with Crippen LogP contribution in [0.25, 0.3) is 10.9 Å². The normalized spacial score (nSPS) is 19.0. The number of amides is 2. The number of fused-ring (bicyclic) bond motifs is 1. The molecule has 1 N–H and O–H groups in total. The minimum absolute atomic E-state index is 0.115. The van der Waals surface area contributed by atoms with Crippen LogP contribution in [0, 0.1) is 0 Å². The van der Waals surface area contributed by atoms with E-state index >= 15 is 0 Å². The molecule has 1 unspecified atom stereocenters. The van der Waals surface area contributed by atoms with Gasteiger partial charge in [-0.1, -0.05) is 6.07 Å². The van der Waals surface area contributed by atoms with Gasteiger partial charge in [-0.15, -0.1) is 24.5 Å². The summed E-state index contributed by atoms with van der Waals surface area (Å²) in [6.07, 6.45) is -1.08. The van der Waals surface area contributed by atoms with Gasteiger partial charge in [0.15, 0.2) is 10.9 Å². The van der Waals surface area contributed by atoms with Gasteiger partial charge < -0.3 is 29.5 Å². The van der Waals surface area contributed by atoms with Gasteiger partial charge in [0, 0.05) is 88.7 Å². The first-order valence-corrected chi connectivity index (χ1v) is 16.6. The number of aromatic nitrogens is 2. The maximum absolute atomic E-state index is 13.4. The molecule has 5 heterocycles. The molecule has 3 aliphatic rings. The van der Waals surface area contributed by atoms with E-state index in [4.69, 9.17) is 9.72 Å². The Hall–Kier alpha value is -3.69. The lowest BCUT2D eigenvalue weighted by molar-refractivity contribution is -0.274. The van der Waals surface area contributed by atoms with E-state index in [-0.39, 0.29) is 30.0 Å². The molecule has 0 aliphatic carbocycles. The van der Waals surface area contributed by atoms with E-state index in [0.717, 1.165) is 35.7 Å². The maximum Gasteiger partial charge on any atom is 0.573 e. The third kappa shape index (κ3) is 7.81. The predicted octanol–water partition coefficient (Wildman–Crippen LogP) is 3.81. The van der Waals surface area contributed by atoms with Crippen LogP contribution in [-0.4, -0.2) is 110 Å². The van der Waals surface area contributed by atoms with Crippen LogP contribution >= 0.6 is 11.3 Å². The van der Waals surface area contributed by atoms with Crippen molar-refractivity contribution in [2.75, 3.05) is 81.9 Å². The number of benzene rings is 1. The van der Waals surface area contributed by atoms with Crippen molar-refractivity contribution in [1.82, 2.24) is 25.1 Å². The van der Waals surface area contributed by atoms with Crippen molar-refractivity contribution in [3.05, 3.63) is 41.5 Å². The molecule has 0 radical (unpaired) electrons. The van der Waals surface area contributed by atoms with Gasteiger partial charge in [-0.3, -0.25) is 19.5 Å². The number of hydrogen-bond donors (Lipinski definition) is 1. The summed E-state index contributed by atoms with van der Waals surface area (Å²) in [5.41, 5.74) is 1.55. The summed E-state index contributed by atoms with van der Waals surface area (Å²) in [4.78, 5) is 42.7. The van der Waals surface area contributed by atoms with Crippen LogP contribution in [0.3, 0.4) is 0 Å². The molecule has 1 aromatic carbocycles. The molecule has 2 amide bonds. The largest absolute Gasteiger partial charge is 0.573 e. The molecule has 0 spiro atoms. The number of nitrogens with one attached hydrogen (secondary N) is 1. The van der Waals surface area contributed by atoms with Crippen molar-refractivity contribution in [3.8, 4) is 5.75 Å². The number of rotatable bonds is 10. The first kappa shape index (κ1) is 32.3. The molecule has 1 atom stereocenters. The predicted molar refractivity (Wildman–Crippen MR) is 168 cm³/mol. The Morgan fingerprint density at radius 3 is 2.67 bits per heavy atom. The Morgan fingerprint density at radius 2 is 1.89 bits per heavy atom. The minimum Gasteiger partial charge on any atom is -0.403 e. The van der Waals surface area contributed by atoms with Gasteiger partial charge in [-0.05, 0) is 31.0 Å². The fourth-order valence-electron chi connectivity index (χ4n) is 6.36. The number of nitrogens with zero attached hydrogens (tertiary/aromatic N) is 6. The highest BCUT2D eigenvalue weighted by Gasteiger charge is 2.35. The number of alkyl halides is 3. The summed E-state index contributed by atoms with van der Waals surface area (Å²) in [5, 5.41) is 6.58.